The van der Waals surface area contributed by atoms with Crippen molar-refractivity contribution < 1.29 is 14.3 Å². The maximum Gasteiger partial charge on any atom is 0.312 e. The zero-order chi connectivity index (χ0) is 11.7. The fourth-order valence-corrected chi connectivity index (χ4v) is 3.24. The van der Waals surface area contributed by atoms with Gasteiger partial charge in [0, 0.05) is 6.04 Å². The van der Waals surface area contributed by atoms with Crippen LogP contribution in [0.1, 0.15) is 26.2 Å². The maximum atomic E-state index is 11.8. The molecule has 3 N–H and O–H groups in total. The number of urea groups is 1. The molecular formula is C11H18N2O3. The van der Waals surface area contributed by atoms with Crippen LogP contribution >= 0.6 is 0 Å². The van der Waals surface area contributed by atoms with Crippen molar-refractivity contribution in [1.82, 2.24) is 5.32 Å². The van der Waals surface area contributed by atoms with Crippen molar-refractivity contribution in [3.63, 3.8) is 0 Å². The lowest BCUT2D eigenvalue weighted by atomic mass is 9.84. The second-order valence-electron chi connectivity index (χ2n) is 4.65. The van der Waals surface area contributed by atoms with Crippen LogP contribution in [0.5, 0.6) is 0 Å². The van der Waals surface area contributed by atoms with E-state index >= 15 is 0 Å². The number of rotatable bonds is 3. The van der Waals surface area contributed by atoms with Gasteiger partial charge in [0.2, 0.25) is 0 Å². The van der Waals surface area contributed by atoms with Crippen molar-refractivity contribution >= 4 is 12.0 Å². The summed E-state index contributed by atoms with van der Waals surface area (Å²) >= 11 is 0. The molecular weight excluding hydrogens is 208 g/mol. The normalized spacial score (nSPS) is 36.1. The molecule has 90 valence electrons. The number of carbonyl (C=O) groups excluding carboxylic acids is 2. The highest BCUT2D eigenvalue weighted by atomic mass is 16.5. The van der Waals surface area contributed by atoms with Crippen LogP contribution in [0.3, 0.4) is 0 Å². The van der Waals surface area contributed by atoms with E-state index in [4.69, 9.17) is 10.5 Å². The van der Waals surface area contributed by atoms with E-state index in [1.807, 2.05) is 0 Å². The molecule has 2 rings (SSSR count). The van der Waals surface area contributed by atoms with Gasteiger partial charge in [0.15, 0.2) is 0 Å². The van der Waals surface area contributed by atoms with Crippen molar-refractivity contribution in [2.24, 2.45) is 23.5 Å². The van der Waals surface area contributed by atoms with Gasteiger partial charge in [-0.15, -0.1) is 0 Å². The third kappa shape index (κ3) is 1.86. The largest absolute Gasteiger partial charge is 0.466 e. The highest BCUT2D eigenvalue weighted by molar-refractivity contribution is 5.77. The molecule has 5 nitrogen and oxygen atoms in total. The molecule has 0 saturated heterocycles. The molecule has 0 spiro atoms. The predicted molar refractivity (Wildman–Crippen MR) is 57.5 cm³/mol. The van der Waals surface area contributed by atoms with E-state index in [1.54, 1.807) is 6.92 Å². The van der Waals surface area contributed by atoms with Crippen LogP contribution in [0.25, 0.3) is 0 Å². The topological polar surface area (TPSA) is 81.4 Å². The number of hydrogen-bond acceptors (Lipinski definition) is 3. The van der Waals surface area contributed by atoms with Gasteiger partial charge in [-0.2, -0.15) is 0 Å². The average Bonchev–Trinajstić information content (AvgIpc) is 2.77. The van der Waals surface area contributed by atoms with E-state index in [-0.39, 0.29) is 17.9 Å². The number of hydrogen-bond donors (Lipinski definition) is 2. The smallest absolute Gasteiger partial charge is 0.312 e. The molecule has 0 radical (unpaired) electrons. The molecule has 0 aromatic heterocycles. The van der Waals surface area contributed by atoms with Gasteiger partial charge in [-0.1, -0.05) is 0 Å². The molecule has 0 heterocycles. The fourth-order valence-electron chi connectivity index (χ4n) is 3.24. The van der Waals surface area contributed by atoms with E-state index in [0.717, 1.165) is 19.3 Å². The molecule has 2 fully saturated rings. The van der Waals surface area contributed by atoms with E-state index in [1.165, 1.54) is 0 Å². The van der Waals surface area contributed by atoms with E-state index in [9.17, 15) is 9.59 Å². The first-order chi connectivity index (χ1) is 7.63. The Morgan fingerprint density at radius 3 is 2.69 bits per heavy atom. The number of carbonyl (C=O) groups is 2. The van der Waals surface area contributed by atoms with Crippen LogP contribution in [0, 0.1) is 17.8 Å². The van der Waals surface area contributed by atoms with Crippen molar-refractivity contribution in [1.29, 1.82) is 0 Å². The summed E-state index contributed by atoms with van der Waals surface area (Å²) in [5.41, 5.74) is 5.14. The molecule has 0 aromatic rings. The standard InChI is InChI=1S/C11H18N2O3/c1-2-16-10(14)8-6-3-4-7(5-6)9(8)13-11(12)15/h6-9H,2-5H2,1H3,(H3,12,13,15)/t6-,7+,8-,9+/m0/s1. The fraction of sp³-hybridized carbons (Fsp3) is 0.818. The van der Waals surface area contributed by atoms with Gasteiger partial charge in [-0.25, -0.2) is 4.79 Å². The van der Waals surface area contributed by atoms with Crippen LogP contribution in [0.2, 0.25) is 0 Å². The summed E-state index contributed by atoms with van der Waals surface area (Å²) in [7, 11) is 0. The highest BCUT2D eigenvalue weighted by Crippen LogP contribution is 2.48. The number of ether oxygens (including phenoxy) is 1. The highest BCUT2D eigenvalue weighted by Gasteiger charge is 2.51. The first-order valence-electron chi connectivity index (χ1n) is 5.86. The van der Waals surface area contributed by atoms with Crippen molar-refractivity contribution in [2.45, 2.75) is 32.2 Å². The van der Waals surface area contributed by atoms with Crippen molar-refractivity contribution in [3.8, 4) is 0 Å². The summed E-state index contributed by atoms with van der Waals surface area (Å²) in [5, 5.41) is 2.70. The first kappa shape index (κ1) is 11.2. The van der Waals surface area contributed by atoms with Gasteiger partial charge in [0.1, 0.15) is 0 Å². The second-order valence-corrected chi connectivity index (χ2v) is 4.65. The zero-order valence-corrected chi connectivity index (χ0v) is 9.44. The van der Waals surface area contributed by atoms with Gasteiger partial charge in [-0.3, -0.25) is 4.79 Å². The Morgan fingerprint density at radius 2 is 2.06 bits per heavy atom. The quantitative estimate of drug-likeness (QED) is 0.692. The Bertz CT molecular complexity index is 306. The first-order valence-corrected chi connectivity index (χ1v) is 5.86. The molecule has 0 unspecified atom stereocenters. The monoisotopic (exact) mass is 226 g/mol. The lowest BCUT2D eigenvalue weighted by molar-refractivity contribution is -0.150. The summed E-state index contributed by atoms with van der Waals surface area (Å²) in [6.45, 7) is 2.18. The molecule has 4 atom stereocenters. The van der Waals surface area contributed by atoms with Crippen LogP contribution in [-0.4, -0.2) is 24.6 Å². The van der Waals surface area contributed by atoms with Crippen molar-refractivity contribution in [3.05, 3.63) is 0 Å². The Hall–Kier alpha value is -1.26. The number of nitrogens with two attached hydrogens (primary N) is 1. The number of fused-ring (bicyclic) bond motifs is 2. The summed E-state index contributed by atoms with van der Waals surface area (Å²) in [6.07, 6.45) is 3.14. The molecule has 5 heteroatoms. The third-order valence-corrected chi connectivity index (χ3v) is 3.78. The zero-order valence-electron chi connectivity index (χ0n) is 9.44. The average molecular weight is 226 g/mol. The number of esters is 1. The van der Waals surface area contributed by atoms with Crippen LogP contribution in [-0.2, 0) is 9.53 Å². The Balaban J connectivity index is 2.08. The Labute approximate surface area is 94.7 Å². The molecule has 2 aliphatic rings. The Morgan fingerprint density at radius 1 is 1.38 bits per heavy atom. The minimum atomic E-state index is -0.549. The Kier molecular flexibility index (Phi) is 3.03. The molecule has 2 bridgehead atoms. The number of nitrogens with one attached hydrogen (secondary N) is 1. The van der Waals surface area contributed by atoms with Gasteiger partial charge in [0.05, 0.1) is 12.5 Å². The van der Waals surface area contributed by atoms with Gasteiger partial charge in [-0.05, 0) is 38.0 Å². The SMILES string of the molecule is CCOC(=O)[C@H]1[C@H]2CC[C@H](C2)[C@H]1NC(N)=O. The molecule has 0 aliphatic heterocycles. The molecule has 16 heavy (non-hydrogen) atoms. The lowest BCUT2D eigenvalue weighted by Gasteiger charge is -2.29. The summed E-state index contributed by atoms with van der Waals surface area (Å²) < 4.78 is 5.06. The second kappa shape index (κ2) is 4.31. The number of primary amides is 1. The van der Waals surface area contributed by atoms with Crippen LogP contribution < -0.4 is 11.1 Å². The minimum Gasteiger partial charge on any atom is -0.466 e. The predicted octanol–water partition coefficient (Wildman–Crippen LogP) is 0.633. The molecule has 0 aromatic carbocycles. The van der Waals surface area contributed by atoms with Gasteiger partial charge >= 0.3 is 12.0 Å². The van der Waals surface area contributed by atoms with Crippen LogP contribution in [0.15, 0.2) is 0 Å². The van der Waals surface area contributed by atoms with Crippen molar-refractivity contribution in [2.75, 3.05) is 6.61 Å². The summed E-state index contributed by atoms with van der Waals surface area (Å²) in [6, 6.07) is -0.665. The molecule has 2 aliphatic carbocycles. The molecule has 2 saturated carbocycles. The van der Waals surface area contributed by atoms with E-state index < -0.39 is 6.03 Å². The van der Waals surface area contributed by atoms with Gasteiger partial charge in [0.25, 0.3) is 0 Å². The van der Waals surface area contributed by atoms with Gasteiger partial charge < -0.3 is 15.8 Å². The lowest BCUT2D eigenvalue weighted by Crippen LogP contribution is -2.49. The third-order valence-electron chi connectivity index (χ3n) is 3.78. The summed E-state index contributed by atoms with van der Waals surface area (Å²) in [4.78, 5) is 22.7. The van der Waals surface area contributed by atoms with Crippen LogP contribution in [0.4, 0.5) is 4.79 Å². The summed E-state index contributed by atoms with van der Waals surface area (Å²) in [5.74, 6) is 0.382. The maximum absolute atomic E-state index is 11.8. The van der Waals surface area contributed by atoms with E-state index in [0.29, 0.717) is 18.4 Å². The van der Waals surface area contributed by atoms with E-state index in [2.05, 4.69) is 5.32 Å². The molecule has 2 amide bonds. The number of amides is 2. The minimum absolute atomic E-state index is 0.115.